The first-order valence-electron chi connectivity index (χ1n) is 7.90. The second kappa shape index (κ2) is 8.47. The van der Waals surface area contributed by atoms with Crippen molar-refractivity contribution in [2.24, 2.45) is 10.9 Å². The number of nitrogens with zero attached hydrogens (tertiary/aromatic N) is 3. The molecule has 7 heteroatoms. The molecule has 0 aromatic heterocycles. The minimum absolute atomic E-state index is 0.1000. The molecule has 0 radical (unpaired) electrons. The molecular formula is C16H24N4O3. The summed E-state index contributed by atoms with van der Waals surface area (Å²) in [7, 11) is 2.02. The molecule has 1 aliphatic rings. The van der Waals surface area contributed by atoms with E-state index in [9.17, 15) is 10.1 Å². The maximum absolute atomic E-state index is 10.7. The minimum atomic E-state index is -0.394. The maximum atomic E-state index is 10.7. The Bertz CT molecular complexity index is 539. The zero-order valence-corrected chi connectivity index (χ0v) is 13.7. The normalized spacial score (nSPS) is 18.0. The highest BCUT2D eigenvalue weighted by molar-refractivity contribution is 5.79. The predicted octanol–water partition coefficient (Wildman–Crippen LogP) is 2.03. The summed E-state index contributed by atoms with van der Waals surface area (Å²) in [6, 6.07) is 6.51. The van der Waals surface area contributed by atoms with Crippen molar-refractivity contribution in [3.05, 3.63) is 39.9 Å². The van der Waals surface area contributed by atoms with Gasteiger partial charge in [-0.3, -0.25) is 10.1 Å². The summed E-state index contributed by atoms with van der Waals surface area (Å²) in [5.41, 5.74) is 1.05. The van der Waals surface area contributed by atoms with E-state index in [2.05, 4.69) is 15.2 Å². The smallest absolute Gasteiger partial charge is 0.269 e. The molecule has 0 aliphatic carbocycles. The largest absolute Gasteiger partial charge is 0.381 e. The molecule has 1 saturated heterocycles. The highest BCUT2D eigenvalue weighted by atomic mass is 16.6. The third-order valence-corrected chi connectivity index (χ3v) is 3.81. The van der Waals surface area contributed by atoms with Crippen LogP contribution in [-0.4, -0.2) is 49.1 Å². The van der Waals surface area contributed by atoms with Gasteiger partial charge in [-0.05, 0) is 18.9 Å². The van der Waals surface area contributed by atoms with E-state index in [0.717, 1.165) is 44.2 Å². The number of guanidine groups is 1. The number of aliphatic imine (C=N–C) groups is 1. The van der Waals surface area contributed by atoms with Gasteiger partial charge in [0.2, 0.25) is 0 Å². The number of non-ortho nitro benzene ring substituents is 1. The first kappa shape index (κ1) is 17.2. The van der Waals surface area contributed by atoms with E-state index in [1.165, 1.54) is 12.1 Å². The molecule has 1 aliphatic heterocycles. The van der Waals surface area contributed by atoms with Crippen LogP contribution >= 0.6 is 0 Å². The van der Waals surface area contributed by atoms with E-state index in [-0.39, 0.29) is 5.69 Å². The molecule has 0 spiro atoms. The van der Waals surface area contributed by atoms with E-state index < -0.39 is 4.92 Å². The second-order valence-electron chi connectivity index (χ2n) is 5.70. The highest BCUT2D eigenvalue weighted by Crippen LogP contribution is 2.14. The highest BCUT2D eigenvalue weighted by Gasteiger charge is 2.19. The van der Waals surface area contributed by atoms with Crippen molar-refractivity contribution in [1.82, 2.24) is 10.2 Å². The summed E-state index contributed by atoms with van der Waals surface area (Å²) in [6.07, 6.45) is 1.09. The molecule has 1 heterocycles. The molecule has 0 saturated carbocycles. The van der Waals surface area contributed by atoms with E-state index in [1.54, 1.807) is 12.1 Å². The lowest BCUT2D eigenvalue weighted by molar-refractivity contribution is -0.384. The zero-order valence-electron chi connectivity index (χ0n) is 13.7. The molecule has 2 rings (SSSR count). The van der Waals surface area contributed by atoms with Crippen molar-refractivity contribution in [2.45, 2.75) is 19.9 Å². The Morgan fingerprint density at radius 3 is 2.78 bits per heavy atom. The van der Waals surface area contributed by atoms with Crippen molar-refractivity contribution in [2.75, 3.05) is 33.4 Å². The number of ether oxygens (including phenoxy) is 1. The number of nitro groups is 1. The summed E-state index contributed by atoms with van der Waals surface area (Å²) in [5.74, 6) is 1.39. The van der Waals surface area contributed by atoms with Crippen molar-refractivity contribution in [1.29, 1.82) is 0 Å². The van der Waals surface area contributed by atoms with E-state index in [1.807, 2.05) is 14.0 Å². The Hall–Kier alpha value is -2.15. The average molecular weight is 320 g/mol. The molecule has 126 valence electrons. The summed E-state index contributed by atoms with van der Waals surface area (Å²) < 4.78 is 5.42. The van der Waals surface area contributed by atoms with Gasteiger partial charge in [-0.1, -0.05) is 12.1 Å². The molecule has 7 nitrogen and oxygen atoms in total. The molecule has 1 unspecified atom stereocenters. The monoisotopic (exact) mass is 320 g/mol. The Kier molecular flexibility index (Phi) is 6.34. The summed E-state index contributed by atoms with van der Waals surface area (Å²) >= 11 is 0. The Morgan fingerprint density at radius 1 is 1.48 bits per heavy atom. The van der Waals surface area contributed by atoms with E-state index >= 15 is 0 Å². The lowest BCUT2D eigenvalue weighted by Gasteiger charge is -2.24. The molecular weight excluding hydrogens is 296 g/mol. The molecule has 0 amide bonds. The summed E-state index contributed by atoms with van der Waals surface area (Å²) in [4.78, 5) is 17.0. The molecule has 23 heavy (non-hydrogen) atoms. The van der Waals surface area contributed by atoms with Crippen LogP contribution in [0.1, 0.15) is 18.9 Å². The van der Waals surface area contributed by atoms with E-state index in [0.29, 0.717) is 12.5 Å². The van der Waals surface area contributed by atoms with Gasteiger partial charge in [0.05, 0.1) is 18.1 Å². The molecule has 0 bridgehead atoms. The Labute approximate surface area is 136 Å². The fourth-order valence-corrected chi connectivity index (χ4v) is 2.56. The van der Waals surface area contributed by atoms with Crippen LogP contribution in [0.4, 0.5) is 5.69 Å². The minimum Gasteiger partial charge on any atom is -0.381 e. The predicted molar refractivity (Wildman–Crippen MR) is 89.5 cm³/mol. The third kappa shape index (κ3) is 5.21. The SMILES string of the molecule is CCNC(=NCc1ccc([N+](=O)[O-])cc1)N(C)CC1CCOC1. The number of hydrogen-bond donors (Lipinski definition) is 1. The maximum Gasteiger partial charge on any atom is 0.269 e. The summed E-state index contributed by atoms with van der Waals surface area (Å²) in [5, 5.41) is 14.0. The Balaban J connectivity index is 1.97. The van der Waals surface area contributed by atoms with Crippen molar-refractivity contribution < 1.29 is 9.66 Å². The topological polar surface area (TPSA) is 80.0 Å². The van der Waals surface area contributed by atoms with Crippen LogP contribution in [0.25, 0.3) is 0 Å². The van der Waals surface area contributed by atoms with Crippen LogP contribution in [0.5, 0.6) is 0 Å². The van der Waals surface area contributed by atoms with Crippen LogP contribution in [0.15, 0.2) is 29.3 Å². The van der Waals surface area contributed by atoms with Crippen LogP contribution in [0, 0.1) is 16.0 Å². The fourth-order valence-electron chi connectivity index (χ4n) is 2.56. The molecule has 1 aromatic carbocycles. The average Bonchev–Trinajstić information content (AvgIpc) is 3.04. The molecule has 1 N–H and O–H groups in total. The molecule has 1 atom stereocenters. The summed E-state index contributed by atoms with van der Waals surface area (Å²) in [6.45, 7) is 5.89. The van der Waals surface area contributed by atoms with Gasteiger partial charge in [0.25, 0.3) is 5.69 Å². The van der Waals surface area contributed by atoms with Gasteiger partial charge in [-0.15, -0.1) is 0 Å². The number of nitro benzene ring substituents is 1. The Morgan fingerprint density at radius 2 is 2.22 bits per heavy atom. The quantitative estimate of drug-likeness (QED) is 0.375. The lowest BCUT2D eigenvalue weighted by atomic mass is 10.1. The van der Waals surface area contributed by atoms with Crippen LogP contribution in [0.3, 0.4) is 0 Å². The van der Waals surface area contributed by atoms with Crippen LogP contribution in [-0.2, 0) is 11.3 Å². The number of benzene rings is 1. The van der Waals surface area contributed by atoms with Gasteiger partial charge in [-0.25, -0.2) is 4.99 Å². The van der Waals surface area contributed by atoms with Crippen molar-refractivity contribution >= 4 is 11.6 Å². The van der Waals surface area contributed by atoms with Gasteiger partial charge in [-0.2, -0.15) is 0 Å². The standard InChI is InChI=1S/C16H24N4O3/c1-3-17-16(19(2)11-14-8-9-23-12-14)18-10-13-4-6-15(7-5-13)20(21)22/h4-7,14H,3,8-12H2,1-2H3,(H,17,18). The van der Waals surface area contributed by atoms with Gasteiger partial charge < -0.3 is 15.0 Å². The van der Waals surface area contributed by atoms with Crippen LogP contribution in [0.2, 0.25) is 0 Å². The second-order valence-corrected chi connectivity index (χ2v) is 5.70. The number of nitrogens with one attached hydrogen (secondary N) is 1. The van der Waals surface area contributed by atoms with E-state index in [4.69, 9.17) is 4.74 Å². The van der Waals surface area contributed by atoms with Gasteiger partial charge in [0.1, 0.15) is 0 Å². The molecule has 1 fully saturated rings. The van der Waals surface area contributed by atoms with Crippen molar-refractivity contribution in [3.8, 4) is 0 Å². The third-order valence-electron chi connectivity index (χ3n) is 3.81. The van der Waals surface area contributed by atoms with Gasteiger partial charge in [0.15, 0.2) is 5.96 Å². The molecule has 1 aromatic rings. The number of hydrogen-bond acceptors (Lipinski definition) is 4. The first-order chi connectivity index (χ1) is 11.1. The van der Waals surface area contributed by atoms with Gasteiger partial charge in [0, 0.05) is 44.8 Å². The number of rotatable bonds is 6. The lowest BCUT2D eigenvalue weighted by Crippen LogP contribution is -2.41. The van der Waals surface area contributed by atoms with Crippen molar-refractivity contribution in [3.63, 3.8) is 0 Å². The zero-order chi connectivity index (χ0) is 16.7. The van der Waals surface area contributed by atoms with Gasteiger partial charge >= 0.3 is 0 Å². The van der Waals surface area contributed by atoms with Crippen LogP contribution < -0.4 is 5.32 Å². The fraction of sp³-hybridized carbons (Fsp3) is 0.562. The first-order valence-corrected chi connectivity index (χ1v) is 7.90.